The topological polar surface area (TPSA) is 55.1 Å². The van der Waals surface area contributed by atoms with Crippen LogP contribution in [0.4, 0.5) is 0 Å². The van der Waals surface area contributed by atoms with Crippen molar-refractivity contribution in [2.45, 2.75) is 37.5 Å². The third-order valence-corrected chi connectivity index (χ3v) is 5.38. The van der Waals surface area contributed by atoms with Crippen LogP contribution < -0.4 is 11.1 Å². The molecule has 1 saturated carbocycles. The molecule has 2 rings (SSSR count). The molecule has 1 fully saturated rings. The fourth-order valence-corrected chi connectivity index (χ4v) is 4.28. The van der Waals surface area contributed by atoms with Gasteiger partial charge in [-0.05, 0) is 31.1 Å². The summed E-state index contributed by atoms with van der Waals surface area (Å²) < 4.78 is 0. The van der Waals surface area contributed by atoms with Crippen molar-refractivity contribution in [3.8, 4) is 11.8 Å². The van der Waals surface area contributed by atoms with Crippen LogP contribution in [-0.4, -0.2) is 29.5 Å². The molecule has 0 aromatic carbocycles. The van der Waals surface area contributed by atoms with E-state index in [4.69, 9.17) is 5.73 Å². The number of hydrogen-bond acceptors (Lipinski definition) is 4. The van der Waals surface area contributed by atoms with E-state index in [1.807, 2.05) is 23.2 Å². The van der Waals surface area contributed by atoms with Gasteiger partial charge in [-0.25, -0.2) is 0 Å². The lowest BCUT2D eigenvalue weighted by Crippen LogP contribution is -2.32. The van der Waals surface area contributed by atoms with Crippen molar-refractivity contribution in [2.75, 3.05) is 12.3 Å². The van der Waals surface area contributed by atoms with Crippen molar-refractivity contribution in [1.82, 2.24) is 5.32 Å². The number of nitrogens with one attached hydrogen (secondary N) is 1. The number of thiophene rings is 1. The van der Waals surface area contributed by atoms with Crippen molar-refractivity contribution in [1.29, 1.82) is 0 Å². The summed E-state index contributed by atoms with van der Waals surface area (Å²) in [6.45, 7) is 2.53. The predicted octanol–water partition coefficient (Wildman–Crippen LogP) is 2.46. The van der Waals surface area contributed by atoms with Gasteiger partial charge in [0.25, 0.3) is 5.91 Å². The molecule has 3 nitrogen and oxygen atoms in total. The second kappa shape index (κ2) is 7.72. The first-order valence-corrected chi connectivity index (χ1v) is 8.85. The second-order valence-corrected chi connectivity index (χ2v) is 7.25. The summed E-state index contributed by atoms with van der Waals surface area (Å²) in [5.41, 5.74) is 6.05. The lowest BCUT2D eigenvalue weighted by Gasteiger charge is -2.12. The van der Waals surface area contributed by atoms with Crippen LogP contribution in [0.3, 0.4) is 0 Å². The molecule has 1 aromatic heterocycles. The average Bonchev–Trinajstić information content (AvgIpc) is 3.06. The van der Waals surface area contributed by atoms with E-state index < -0.39 is 0 Å². The van der Waals surface area contributed by atoms with Gasteiger partial charge in [-0.3, -0.25) is 4.79 Å². The standard InChI is InChI=1S/C15H20N2OS2/c1-2-19-14-6-5-12(9-14)17-15(18)11-8-13(20-10-11)4-3-7-16/h8,10,12,14H,2,5-7,9,16H2,1H3,(H,17,18). The summed E-state index contributed by atoms with van der Waals surface area (Å²) in [5, 5.41) is 5.71. The minimum atomic E-state index is 0.0224. The van der Waals surface area contributed by atoms with Crippen molar-refractivity contribution < 1.29 is 4.79 Å². The third-order valence-electron chi connectivity index (χ3n) is 3.30. The maximum absolute atomic E-state index is 12.2. The molecule has 1 aliphatic carbocycles. The molecule has 108 valence electrons. The zero-order valence-corrected chi connectivity index (χ0v) is 13.3. The van der Waals surface area contributed by atoms with Crippen molar-refractivity contribution in [3.63, 3.8) is 0 Å². The average molecular weight is 308 g/mol. The van der Waals surface area contributed by atoms with Gasteiger partial charge in [-0.15, -0.1) is 11.3 Å². The van der Waals surface area contributed by atoms with Crippen LogP contribution in [0.5, 0.6) is 0 Å². The Balaban J connectivity index is 1.87. The number of hydrogen-bond donors (Lipinski definition) is 2. The lowest BCUT2D eigenvalue weighted by atomic mass is 10.2. The Morgan fingerprint density at radius 1 is 1.60 bits per heavy atom. The van der Waals surface area contributed by atoms with Crippen LogP contribution in [0.15, 0.2) is 11.4 Å². The van der Waals surface area contributed by atoms with E-state index in [0.29, 0.717) is 23.4 Å². The summed E-state index contributed by atoms with van der Waals surface area (Å²) in [7, 11) is 0. The number of carbonyl (C=O) groups excluding carboxylic acids is 1. The number of amides is 1. The first-order chi connectivity index (χ1) is 9.72. The van der Waals surface area contributed by atoms with Gasteiger partial charge in [-0.1, -0.05) is 18.8 Å². The molecule has 2 atom stereocenters. The largest absolute Gasteiger partial charge is 0.349 e. The maximum atomic E-state index is 12.2. The van der Waals surface area contributed by atoms with E-state index in [9.17, 15) is 4.79 Å². The zero-order valence-electron chi connectivity index (χ0n) is 11.6. The molecule has 0 radical (unpaired) electrons. The van der Waals surface area contributed by atoms with Gasteiger partial charge in [0.15, 0.2) is 0 Å². The molecule has 1 amide bonds. The normalized spacial score (nSPS) is 21.3. The van der Waals surface area contributed by atoms with Gasteiger partial charge in [0, 0.05) is 16.7 Å². The van der Waals surface area contributed by atoms with Crippen molar-refractivity contribution in [2.24, 2.45) is 5.73 Å². The predicted molar refractivity (Wildman–Crippen MR) is 87.3 cm³/mol. The highest BCUT2D eigenvalue weighted by atomic mass is 32.2. The van der Waals surface area contributed by atoms with Crippen LogP contribution in [0.2, 0.25) is 0 Å². The molecule has 0 saturated heterocycles. The van der Waals surface area contributed by atoms with E-state index in [0.717, 1.165) is 23.5 Å². The Bertz CT molecular complexity index is 515. The quantitative estimate of drug-likeness (QED) is 0.840. The minimum absolute atomic E-state index is 0.0224. The minimum Gasteiger partial charge on any atom is -0.349 e. The maximum Gasteiger partial charge on any atom is 0.252 e. The smallest absolute Gasteiger partial charge is 0.252 e. The van der Waals surface area contributed by atoms with E-state index in [1.54, 1.807) is 0 Å². The molecule has 3 N–H and O–H groups in total. The summed E-state index contributed by atoms with van der Waals surface area (Å²) in [6.07, 6.45) is 3.39. The number of carbonyl (C=O) groups is 1. The zero-order chi connectivity index (χ0) is 14.4. The number of nitrogens with two attached hydrogens (primary N) is 1. The SMILES string of the molecule is CCSC1CCC(NC(=O)c2csc(C#CCN)c2)C1. The summed E-state index contributed by atoms with van der Waals surface area (Å²) in [6, 6.07) is 2.17. The van der Waals surface area contributed by atoms with Crippen LogP contribution >= 0.6 is 23.1 Å². The molecular weight excluding hydrogens is 288 g/mol. The Hall–Kier alpha value is -0.960. The van der Waals surface area contributed by atoms with Crippen molar-refractivity contribution >= 4 is 29.0 Å². The highest BCUT2D eigenvalue weighted by Gasteiger charge is 2.26. The van der Waals surface area contributed by atoms with Gasteiger partial charge in [0.1, 0.15) is 0 Å². The van der Waals surface area contributed by atoms with Gasteiger partial charge in [0.05, 0.1) is 17.0 Å². The second-order valence-electron chi connectivity index (χ2n) is 4.77. The summed E-state index contributed by atoms with van der Waals surface area (Å²) >= 11 is 3.49. The van der Waals surface area contributed by atoms with Crippen LogP contribution in [0.1, 0.15) is 41.4 Å². The Morgan fingerprint density at radius 2 is 2.45 bits per heavy atom. The molecule has 0 spiro atoms. The fraction of sp³-hybridized carbons (Fsp3) is 0.533. The van der Waals surface area contributed by atoms with Gasteiger partial charge in [0.2, 0.25) is 0 Å². The number of rotatable bonds is 4. The molecule has 20 heavy (non-hydrogen) atoms. The third kappa shape index (κ3) is 4.27. The number of thioether (sulfide) groups is 1. The molecule has 2 unspecified atom stereocenters. The van der Waals surface area contributed by atoms with Gasteiger partial charge < -0.3 is 11.1 Å². The first-order valence-electron chi connectivity index (χ1n) is 6.92. The van der Waals surface area contributed by atoms with E-state index in [1.165, 1.54) is 17.8 Å². The molecule has 1 aliphatic rings. The van der Waals surface area contributed by atoms with E-state index in [-0.39, 0.29) is 5.91 Å². The van der Waals surface area contributed by atoms with Crippen LogP contribution in [0, 0.1) is 11.8 Å². The van der Waals surface area contributed by atoms with Gasteiger partial charge >= 0.3 is 0 Å². The highest BCUT2D eigenvalue weighted by molar-refractivity contribution is 7.99. The summed E-state index contributed by atoms with van der Waals surface area (Å²) in [5.74, 6) is 6.93. The Morgan fingerprint density at radius 3 is 3.20 bits per heavy atom. The van der Waals surface area contributed by atoms with Crippen LogP contribution in [-0.2, 0) is 0 Å². The lowest BCUT2D eigenvalue weighted by molar-refractivity contribution is 0.0938. The first kappa shape index (κ1) is 15.4. The van der Waals surface area contributed by atoms with E-state index >= 15 is 0 Å². The molecule has 1 aromatic rings. The fourth-order valence-electron chi connectivity index (χ4n) is 2.39. The van der Waals surface area contributed by atoms with E-state index in [2.05, 4.69) is 24.1 Å². The summed E-state index contributed by atoms with van der Waals surface area (Å²) in [4.78, 5) is 13.1. The van der Waals surface area contributed by atoms with Gasteiger partial charge in [-0.2, -0.15) is 11.8 Å². The molecule has 1 heterocycles. The molecule has 5 heteroatoms. The highest BCUT2D eigenvalue weighted by Crippen LogP contribution is 2.29. The Labute approximate surface area is 128 Å². The molecule has 0 aliphatic heterocycles. The molecule has 0 bridgehead atoms. The monoisotopic (exact) mass is 308 g/mol. The van der Waals surface area contributed by atoms with Crippen molar-refractivity contribution in [3.05, 3.63) is 21.9 Å². The molecular formula is C15H20N2OS2. The Kier molecular flexibility index (Phi) is 5.96. The van der Waals surface area contributed by atoms with Crippen LogP contribution in [0.25, 0.3) is 0 Å².